The first-order valence-electron chi connectivity index (χ1n) is 19.7. The molecular formula is C45H53N5O9S. The van der Waals surface area contributed by atoms with Crippen molar-refractivity contribution in [3.63, 3.8) is 0 Å². The fourth-order valence-corrected chi connectivity index (χ4v) is 8.70. The molecule has 0 bridgehead atoms. The van der Waals surface area contributed by atoms with Crippen LogP contribution in [0.5, 0.6) is 11.5 Å². The summed E-state index contributed by atoms with van der Waals surface area (Å²) in [4.78, 5) is 62.6. The van der Waals surface area contributed by atoms with Crippen molar-refractivity contribution in [2.24, 2.45) is 11.3 Å². The van der Waals surface area contributed by atoms with Gasteiger partial charge < -0.3 is 29.7 Å². The lowest BCUT2D eigenvalue weighted by molar-refractivity contribution is -0.143. The van der Waals surface area contributed by atoms with E-state index in [9.17, 15) is 27.6 Å². The summed E-state index contributed by atoms with van der Waals surface area (Å²) in [6, 6.07) is 20.6. The molecule has 15 heteroatoms. The van der Waals surface area contributed by atoms with Gasteiger partial charge in [-0.3, -0.25) is 14.4 Å². The Labute approximate surface area is 351 Å². The average Bonchev–Trinajstić information content (AvgIpc) is 3.74. The highest BCUT2D eigenvalue weighted by Crippen LogP contribution is 2.45. The minimum atomic E-state index is -4.32. The molecule has 4 amide bonds. The predicted octanol–water partition coefficient (Wildman–Crippen LogP) is 6.07. The van der Waals surface area contributed by atoms with E-state index in [4.69, 9.17) is 19.2 Å². The van der Waals surface area contributed by atoms with E-state index in [2.05, 4.69) is 21.9 Å². The Bertz CT molecular complexity index is 2430. The number of fused-ring (bicyclic) bond motifs is 1. The summed E-state index contributed by atoms with van der Waals surface area (Å²) in [6.07, 6.45) is -0.0217. The second-order valence-corrected chi connectivity index (χ2v) is 19.0. The van der Waals surface area contributed by atoms with E-state index in [0.717, 1.165) is 5.56 Å². The maximum Gasteiger partial charge on any atom is 0.408 e. The van der Waals surface area contributed by atoms with Crippen molar-refractivity contribution in [3.8, 4) is 22.8 Å². The molecule has 0 unspecified atom stereocenters. The number of pyridine rings is 1. The van der Waals surface area contributed by atoms with Crippen LogP contribution in [0, 0.1) is 18.3 Å². The van der Waals surface area contributed by atoms with Gasteiger partial charge in [0.25, 0.3) is 15.9 Å². The highest BCUT2D eigenvalue weighted by atomic mass is 32.2. The molecule has 3 aromatic carbocycles. The number of hydrogen-bond acceptors (Lipinski definition) is 10. The quantitative estimate of drug-likeness (QED) is 0.142. The molecule has 60 heavy (non-hydrogen) atoms. The van der Waals surface area contributed by atoms with Crippen LogP contribution < -0.4 is 24.8 Å². The van der Waals surface area contributed by atoms with Crippen LogP contribution in [0.15, 0.2) is 96.4 Å². The van der Waals surface area contributed by atoms with Gasteiger partial charge in [0.1, 0.15) is 40.8 Å². The predicted molar refractivity (Wildman–Crippen MR) is 227 cm³/mol. The van der Waals surface area contributed by atoms with Crippen LogP contribution in [0.3, 0.4) is 0 Å². The first-order valence-corrected chi connectivity index (χ1v) is 21.2. The molecule has 2 heterocycles. The van der Waals surface area contributed by atoms with Gasteiger partial charge in [0.15, 0.2) is 0 Å². The molecule has 3 N–H and O–H groups in total. The molecule has 318 valence electrons. The Morgan fingerprint density at radius 1 is 0.967 bits per heavy atom. The van der Waals surface area contributed by atoms with Crippen molar-refractivity contribution in [1.82, 2.24) is 25.2 Å². The van der Waals surface area contributed by atoms with Gasteiger partial charge in [-0.15, -0.1) is 6.58 Å². The van der Waals surface area contributed by atoms with E-state index < -0.39 is 74.5 Å². The van der Waals surface area contributed by atoms with E-state index in [0.29, 0.717) is 33.7 Å². The van der Waals surface area contributed by atoms with E-state index in [1.54, 1.807) is 92.0 Å². The molecule has 2 aliphatic rings. The number of amides is 4. The number of nitrogens with zero attached hydrogens (tertiary/aromatic N) is 2. The first-order chi connectivity index (χ1) is 28.2. The Hall–Kier alpha value is -5.96. The van der Waals surface area contributed by atoms with Crippen molar-refractivity contribution >= 4 is 44.7 Å². The SMILES string of the molecule is C=C[C@@H]1C[C@]1(NC(=O)[C@@H]1C[C@@H](Oc2cc(-c3ccccc3)nc3cc(OC)ccc23)CN1C(=O)[C@@H](NC(=O)OC(C)(C)C)C(C)(C)C)C(=O)NS(=O)(=O)c1ccccc1C. The fraction of sp³-hybridized carbons (Fsp3) is 0.400. The summed E-state index contributed by atoms with van der Waals surface area (Å²) in [5.41, 5.74) is -0.878. The second kappa shape index (κ2) is 16.6. The molecule has 0 spiro atoms. The largest absolute Gasteiger partial charge is 0.497 e. The number of carbonyl (C=O) groups is 4. The molecule has 0 radical (unpaired) electrons. The van der Waals surface area contributed by atoms with Gasteiger partial charge in [-0.2, -0.15) is 0 Å². The van der Waals surface area contributed by atoms with Crippen molar-refractivity contribution in [2.75, 3.05) is 13.7 Å². The molecule has 4 aromatic rings. The van der Waals surface area contributed by atoms with Gasteiger partial charge in [0.2, 0.25) is 11.8 Å². The Balaban J connectivity index is 1.35. The number of benzene rings is 3. The summed E-state index contributed by atoms with van der Waals surface area (Å²) >= 11 is 0. The number of sulfonamides is 1. The van der Waals surface area contributed by atoms with Crippen LogP contribution in [0.1, 0.15) is 59.9 Å². The molecule has 1 aliphatic carbocycles. The maximum absolute atomic E-state index is 14.8. The second-order valence-electron chi connectivity index (χ2n) is 17.4. The number of hydrogen-bond donors (Lipinski definition) is 3. The topological polar surface area (TPSA) is 182 Å². The number of likely N-dealkylation sites (tertiary alicyclic amines) is 1. The zero-order valence-corrected chi connectivity index (χ0v) is 36.0. The van der Waals surface area contributed by atoms with E-state index >= 15 is 0 Å². The molecule has 5 atom stereocenters. The first kappa shape index (κ1) is 43.6. The summed E-state index contributed by atoms with van der Waals surface area (Å²) in [5.74, 6) is -1.77. The van der Waals surface area contributed by atoms with Crippen LogP contribution in [-0.4, -0.2) is 85.1 Å². The number of rotatable bonds is 12. The normalized spacial score (nSPS) is 20.7. The van der Waals surface area contributed by atoms with E-state index in [-0.39, 0.29) is 24.3 Å². The fourth-order valence-electron chi connectivity index (χ4n) is 7.42. The average molecular weight is 840 g/mol. The Morgan fingerprint density at radius 3 is 2.27 bits per heavy atom. The lowest BCUT2D eigenvalue weighted by atomic mass is 9.85. The molecular weight excluding hydrogens is 787 g/mol. The van der Waals surface area contributed by atoms with Crippen molar-refractivity contribution in [2.45, 2.75) is 95.5 Å². The number of nitrogens with one attached hydrogen (secondary N) is 3. The number of carbonyl (C=O) groups excluding carboxylic acids is 4. The van der Waals surface area contributed by atoms with Crippen LogP contribution in [-0.2, 0) is 29.1 Å². The number of ether oxygens (including phenoxy) is 3. The van der Waals surface area contributed by atoms with E-state index in [1.165, 1.54) is 17.0 Å². The van der Waals surface area contributed by atoms with Crippen molar-refractivity contribution in [1.29, 1.82) is 0 Å². The van der Waals surface area contributed by atoms with Crippen molar-refractivity contribution in [3.05, 3.63) is 97.1 Å². The van der Waals surface area contributed by atoms with E-state index in [1.807, 2.05) is 36.4 Å². The molecule has 1 aliphatic heterocycles. The smallest absolute Gasteiger partial charge is 0.408 e. The van der Waals surface area contributed by atoms with Crippen LogP contribution in [0.25, 0.3) is 22.2 Å². The van der Waals surface area contributed by atoms with Gasteiger partial charge >= 0.3 is 6.09 Å². The summed E-state index contributed by atoms with van der Waals surface area (Å²) in [5, 5.41) is 6.21. The molecule has 1 saturated carbocycles. The Morgan fingerprint density at radius 2 is 1.65 bits per heavy atom. The van der Waals surface area contributed by atoms with Crippen LogP contribution in [0.4, 0.5) is 4.79 Å². The zero-order valence-electron chi connectivity index (χ0n) is 35.2. The minimum absolute atomic E-state index is 0.0144. The third-order valence-corrected chi connectivity index (χ3v) is 12.1. The van der Waals surface area contributed by atoms with Gasteiger partial charge in [-0.25, -0.2) is 22.9 Å². The summed E-state index contributed by atoms with van der Waals surface area (Å²) in [7, 11) is -2.76. The number of aryl methyl sites for hydroxylation is 1. The lowest BCUT2D eigenvalue weighted by Crippen LogP contribution is -2.60. The number of alkyl carbamates (subject to hydrolysis) is 1. The molecule has 2 fully saturated rings. The van der Waals surface area contributed by atoms with Crippen LogP contribution >= 0.6 is 0 Å². The van der Waals surface area contributed by atoms with Crippen LogP contribution in [0.2, 0.25) is 0 Å². The van der Waals surface area contributed by atoms with Gasteiger partial charge in [0.05, 0.1) is 29.8 Å². The standard InChI is InChI=1S/C45H53N5O9S/c1-10-29-25-45(29,41(53)49-60(55,56)37-19-15-14-16-27(37)2)48-39(51)35-23-31(26-50(35)40(52)38(43(3,4)5)47-42(54)59-44(6,7)8)58-36-24-33(28-17-12-11-13-18-28)46-34-22-30(57-9)20-21-32(34)36/h10-22,24,29,31,35,38H,1,23,25-26H2,2-9H3,(H,47,54)(H,48,51)(H,49,53)/t29-,31-,35+,38-,45-/m1/s1. The highest BCUT2D eigenvalue weighted by molar-refractivity contribution is 7.90. The highest BCUT2D eigenvalue weighted by Gasteiger charge is 2.61. The molecule has 1 saturated heterocycles. The summed E-state index contributed by atoms with van der Waals surface area (Å²) < 4.78 is 46.7. The molecule has 1 aromatic heterocycles. The third-order valence-electron chi connectivity index (χ3n) is 10.6. The van der Waals surface area contributed by atoms with Gasteiger partial charge in [-0.05, 0) is 63.3 Å². The lowest BCUT2D eigenvalue weighted by Gasteiger charge is -2.36. The third kappa shape index (κ3) is 9.41. The monoisotopic (exact) mass is 839 g/mol. The number of methoxy groups -OCH3 is 1. The molecule has 14 nitrogen and oxygen atoms in total. The summed E-state index contributed by atoms with van der Waals surface area (Å²) in [6.45, 7) is 15.8. The van der Waals surface area contributed by atoms with Crippen molar-refractivity contribution < 1.29 is 41.8 Å². The zero-order chi connectivity index (χ0) is 43.8. The van der Waals surface area contributed by atoms with Gasteiger partial charge in [-0.1, -0.05) is 75.4 Å². The Kier molecular flexibility index (Phi) is 12.1. The molecule has 6 rings (SSSR count). The maximum atomic E-state index is 14.8. The minimum Gasteiger partial charge on any atom is -0.497 e. The number of aromatic nitrogens is 1. The van der Waals surface area contributed by atoms with Gasteiger partial charge in [0, 0.05) is 35.4 Å².